The molecule has 32 heavy (non-hydrogen) atoms. The van der Waals surface area contributed by atoms with Gasteiger partial charge in [-0.1, -0.05) is 44.0 Å². The predicted octanol–water partition coefficient (Wildman–Crippen LogP) is 4.67. The lowest BCUT2D eigenvalue weighted by Gasteiger charge is -2.27. The number of nitrogens with zero attached hydrogens (tertiary/aromatic N) is 1. The second-order valence-electron chi connectivity index (χ2n) is 7.79. The van der Waals surface area contributed by atoms with Crippen molar-refractivity contribution in [1.82, 2.24) is 4.57 Å². The van der Waals surface area contributed by atoms with Gasteiger partial charge in [-0.15, -0.1) is 0 Å². The third-order valence-electron chi connectivity index (χ3n) is 5.92. The Kier molecular flexibility index (Phi) is 7.21. The van der Waals surface area contributed by atoms with Gasteiger partial charge in [0.25, 0.3) is 0 Å². The van der Waals surface area contributed by atoms with E-state index in [9.17, 15) is 24.2 Å². The number of carboxylic acid groups (broad SMARTS) is 1. The average Bonchev–Trinajstić information content (AvgIpc) is 2.78. The van der Waals surface area contributed by atoms with Crippen LogP contribution < -0.4 is 10.2 Å². The maximum Gasteiger partial charge on any atom is 0.341 e. The van der Waals surface area contributed by atoms with Crippen molar-refractivity contribution in [2.45, 2.75) is 32.7 Å². The van der Waals surface area contributed by atoms with Gasteiger partial charge in [-0.25, -0.2) is 9.18 Å². The Labute approximate surface area is 189 Å². The third-order valence-corrected chi connectivity index (χ3v) is 6.21. The van der Waals surface area contributed by atoms with Gasteiger partial charge in [-0.05, 0) is 29.2 Å². The van der Waals surface area contributed by atoms with Crippen molar-refractivity contribution in [2.75, 3.05) is 13.7 Å². The third kappa shape index (κ3) is 4.36. The molecule has 0 aliphatic rings. The lowest BCUT2D eigenvalue weighted by molar-refractivity contribution is 0.0694. The quantitative estimate of drug-likeness (QED) is 0.509. The van der Waals surface area contributed by atoms with Gasteiger partial charge in [0.1, 0.15) is 17.1 Å². The Bertz CT molecular complexity index is 1220. The van der Waals surface area contributed by atoms with Crippen LogP contribution in [-0.2, 0) is 6.42 Å². The number of ether oxygens (including phenoxy) is 1. The molecule has 2 atom stereocenters. The highest BCUT2D eigenvalue weighted by Crippen LogP contribution is 2.32. The van der Waals surface area contributed by atoms with E-state index in [2.05, 4.69) is 0 Å². The van der Waals surface area contributed by atoms with Gasteiger partial charge in [0.2, 0.25) is 5.43 Å². The number of carboxylic acids is 1. The van der Waals surface area contributed by atoms with E-state index in [0.717, 1.165) is 6.42 Å². The first-order chi connectivity index (χ1) is 15.2. The molecule has 0 amide bonds. The fraction of sp³-hybridized carbons (Fsp3) is 0.333. The Morgan fingerprint density at radius 2 is 2.00 bits per heavy atom. The van der Waals surface area contributed by atoms with Crippen molar-refractivity contribution in [2.24, 2.45) is 5.92 Å². The summed E-state index contributed by atoms with van der Waals surface area (Å²) in [6, 6.07) is 7.38. The largest absolute Gasteiger partial charge is 0.496 e. The van der Waals surface area contributed by atoms with Crippen molar-refractivity contribution in [3.8, 4) is 5.75 Å². The number of pyridine rings is 1. The topological polar surface area (TPSA) is 88.8 Å². The monoisotopic (exact) mass is 461 g/mol. The van der Waals surface area contributed by atoms with Crippen LogP contribution in [0.15, 0.2) is 41.3 Å². The molecule has 2 unspecified atom stereocenters. The molecule has 8 heteroatoms. The van der Waals surface area contributed by atoms with E-state index in [-0.39, 0.29) is 29.4 Å². The number of aromatic carboxylic acids is 1. The van der Waals surface area contributed by atoms with E-state index in [1.54, 1.807) is 22.8 Å². The predicted molar refractivity (Wildman–Crippen MR) is 122 cm³/mol. The second kappa shape index (κ2) is 9.71. The standard InChI is InChI=1S/C24H25ClFNO5/c1-4-13(2)20(12-28)27-11-17(24(30)31)23(29)16-9-15(21(32-3)10-19(16)27)8-14-6-5-7-18(25)22(14)26/h5-7,9-11,13,20,28H,4,8,12H2,1-3H3,(H,30,31). The van der Waals surface area contributed by atoms with Crippen LogP contribution in [0.5, 0.6) is 5.75 Å². The zero-order valence-corrected chi connectivity index (χ0v) is 18.8. The van der Waals surface area contributed by atoms with Crippen molar-refractivity contribution in [3.05, 3.63) is 74.3 Å². The maximum atomic E-state index is 14.5. The number of methoxy groups -OCH3 is 1. The SMILES string of the molecule is CCC(C)C(CO)n1cc(C(=O)O)c(=O)c2cc(Cc3cccc(Cl)c3F)c(OC)cc21. The number of halogens is 2. The van der Waals surface area contributed by atoms with E-state index >= 15 is 0 Å². The lowest BCUT2D eigenvalue weighted by atomic mass is 9.96. The molecule has 1 heterocycles. The van der Waals surface area contributed by atoms with Crippen LogP contribution in [0.1, 0.15) is 47.8 Å². The first-order valence-electron chi connectivity index (χ1n) is 10.3. The molecular formula is C24H25ClFNO5. The molecule has 0 radical (unpaired) electrons. The molecule has 0 fully saturated rings. The molecule has 0 spiro atoms. The molecule has 3 aromatic rings. The average molecular weight is 462 g/mol. The lowest BCUT2D eigenvalue weighted by Crippen LogP contribution is -2.26. The zero-order valence-electron chi connectivity index (χ0n) is 18.1. The highest BCUT2D eigenvalue weighted by molar-refractivity contribution is 6.30. The summed E-state index contributed by atoms with van der Waals surface area (Å²) < 4.78 is 21.6. The summed E-state index contributed by atoms with van der Waals surface area (Å²) in [5.41, 5.74) is 0.213. The molecule has 0 saturated carbocycles. The van der Waals surface area contributed by atoms with E-state index < -0.39 is 28.8 Å². The molecule has 6 nitrogen and oxygen atoms in total. The summed E-state index contributed by atoms with van der Waals surface area (Å²) in [6.45, 7) is 3.68. The number of aliphatic hydroxyl groups excluding tert-OH is 1. The minimum absolute atomic E-state index is 0.0126. The van der Waals surface area contributed by atoms with E-state index in [1.165, 1.54) is 25.4 Å². The Morgan fingerprint density at radius 1 is 1.28 bits per heavy atom. The zero-order chi connectivity index (χ0) is 23.6. The molecule has 170 valence electrons. The minimum Gasteiger partial charge on any atom is -0.496 e. The van der Waals surface area contributed by atoms with E-state index in [4.69, 9.17) is 16.3 Å². The van der Waals surface area contributed by atoms with Gasteiger partial charge < -0.3 is 19.5 Å². The fourth-order valence-corrected chi connectivity index (χ4v) is 4.08. The second-order valence-corrected chi connectivity index (χ2v) is 8.20. The molecule has 0 saturated heterocycles. The van der Waals surface area contributed by atoms with Gasteiger partial charge in [0.05, 0.1) is 30.3 Å². The van der Waals surface area contributed by atoms with Crippen LogP contribution in [0.2, 0.25) is 5.02 Å². The van der Waals surface area contributed by atoms with Crippen LogP contribution in [0.4, 0.5) is 4.39 Å². The molecule has 1 aromatic heterocycles. The molecule has 0 aliphatic heterocycles. The molecule has 3 rings (SSSR count). The van der Waals surface area contributed by atoms with Crippen LogP contribution in [0, 0.1) is 11.7 Å². The summed E-state index contributed by atoms with van der Waals surface area (Å²) in [7, 11) is 1.46. The van der Waals surface area contributed by atoms with E-state index in [1.807, 2.05) is 13.8 Å². The number of hydrogen-bond acceptors (Lipinski definition) is 4. The Hall–Kier alpha value is -2.90. The highest BCUT2D eigenvalue weighted by Gasteiger charge is 2.24. The van der Waals surface area contributed by atoms with Gasteiger partial charge in [0.15, 0.2) is 0 Å². The normalized spacial score (nSPS) is 13.2. The number of rotatable bonds is 8. The summed E-state index contributed by atoms with van der Waals surface area (Å²) in [5, 5.41) is 19.8. The Morgan fingerprint density at radius 3 is 2.59 bits per heavy atom. The van der Waals surface area contributed by atoms with E-state index in [0.29, 0.717) is 22.4 Å². The number of fused-ring (bicyclic) bond motifs is 1. The number of carbonyl (C=O) groups is 1. The van der Waals surface area contributed by atoms with Gasteiger partial charge in [-0.3, -0.25) is 4.79 Å². The maximum absolute atomic E-state index is 14.5. The van der Waals surface area contributed by atoms with Crippen molar-refractivity contribution in [3.63, 3.8) is 0 Å². The minimum atomic E-state index is -1.36. The number of aliphatic hydroxyl groups is 1. The van der Waals surface area contributed by atoms with Crippen molar-refractivity contribution >= 4 is 28.5 Å². The summed E-state index contributed by atoms with van der Waals surface area (Å²) in [4.78, 5) is 24.8. The number of hydrogen-bond donors (Lipinski definition) is 2. The van der Waals surface area contributed by atoms with Crippen LogP contribution in [-0.4, -0.2) is 34.5 Å². The van der Waals surface area contributed by atoms with Crippen LogP contribution >= 0.6 is 11.6 Å². The highest BCUT2D eigenvalue weighted by atomic mass is 35.5. The molecular weight excluding hydrogens is 437 g/mol. The number of benzene rings is 2. The fourth-order valence-electron chi connectivity index (χ4n) is 3.88. The molecule has 2 N–H and O–H groups in total. The summed E-state index contributed by atoms with van der Waals surface area (Å²) >= 11 is 5.90. The summed E-state index contributed by atoms with van der Waals surface area (Å²) in [5.74, 6) is -1.50. The van der Waals surface area contributed by atoms with Crippen molar-refractivity contribution < 1.29 is 24.1 Å². The summed E-state index contributed by atoms with van der Waals surface area (Å²) in [6.07, 6.45) is 2.11. The Balaban J connectivity index is 2.32. The van der Waals surface area contributed by atoms with Gasteiger partial charge in [0, 0.05) is 24.1 Å². The van der Waals surface area contributed by atoms with Gasteiger partial charge in [-0.2, -0.15) is 0 Å². The number of aromatic nitrogens is 1. The molecule has 0 aliphatic carbocycles. The van der Waals surface area contributed by atoms with Crippen molar-refractivity contribution in [1.29, 1.82) is 0 Å². The molecule has 0 bridgehead atoms. The van der Waals surface area contributed by atoms with Crippen LogP contribution in [0.3, 0.4) is 0 Å². The molecule has 2 aromatic carbocycles. The smallest absolute Gasteiger partial charge is 0.341 e. The van der Waals surface area contributed by atoms with Crippen LogP contribution in [0.25, 0.3) is 10.9 Å². The first-order valence-corrected chi connectivity index (χ1v) is 10.6. The first kappa shape index (κ1) is 23.8. The van der Waals surface area contributed by atoms with Gasteiger partial charge >= 0.3 is 5.97 Å².